The Hall–Kier alpha value is -0.520. The zero-order chi connectivity index (χ0) is 11.5. The number of aromatic nitrogens is 2. The molecule has 1 N–H and O–H groups in total. The number of nitrogens with one attached hydrogen (secondary N) is 1. The molecule has 0 aromatic carbocycles. The van der Waals surface area contributed by atoms with E-state index in [1.807, 2.05) is 6.92 Å². The van der Waals surface area contributed by atoms with Gasteiger partial charge in [-0.1, -0.05) is 11.6 Å². The van der Waals surface area contributed by atoms with Crippen LogP contribution in [0.1, 0.15) is 18.4 Å². The largest absolute Gasteiger partial charge is 0.313 e. The van der Waals surface area contributed by atoms with Crippen molar-refractivity contribution >= 4 is 22.4 Å². The van der Waals surface area contributed by atoms with Crippen LogP contribution >= 0.6 is 11.6 Å². The van der Waals surface area contributed by atoms with Gasteiger partial charge < -0.3 is 5.32 Å². The second kappa shape index (κ2) is 5.21. The van der Waals surface area contributed by atoms with E-state index in [4.69, 9.17) is 11.6 Å². The number of hydrogen-bond acceptors (Lipinski definition) is 4. The topological polar surface area (TPSA) is 54.9 Å². The molecule has 2 rings (SSSR count). The minimum absolute atomic E-state index is 0.324. The van der Waals surface area contributed by atoms with Gasteiger partial charge in [-0.2, -0.15) is 0 Å². The number of rotatable bonds is 3. The Morgan fingerprint density at radius 2 is 2.50 bits per heavy atom. The minimum atomic E-state index is -1.16. The van der Waals surface area contributed by atoms with Gasteiger partial charge in [0.1, 0.15) is 5.15 Å². The zero-order valence-electron chi connectivity index (χ0n) is 9.07. The number of aryl methyl sites for hydroxylation is 1. The van der Waals surface area contributed by atoms with E-state index < -0.39 is 10.8 Å². The molecule has 0 spiro atoms. The summed E-state index contributed by atoms with van der Waals surface area (Å²) in [7, 11) is -1.16. The molecule has 1 aromatic rings. The maximum Gasteiger partial charge on any atom is 0.219 e. The average molecular weight is 260 g/mol. The first-order valence-corrected chi connectivity index (χ1v) is 6.97. The Labute approximate surface area is 102 Å². The highest BCUT2D eigenvalue weighted by atomic mass is 35.5. The number of nitrogens with zero attached hydrogens (tertiary/aromatic N) is 2. The van der Waals surface area contributed by atoms with Crippen LogP contribution in [-0.2, 0) is 10.8 Å². The first-order valence-electron chi connectivity index (χ1n) is 5.27. The van der Waals surface area contributed by atoms with Crippen LogP contribution in [0.5, 0.6) is 0 Å². The van der Waals surface area contributed by atoms with Crippen LogP contribution in [-0.4, -0.2) is 32.5 Å². The fourth-order valence-electron chi connectivity index (χ4n) is 1.67. The van der Waals surface area contributed by atoms with Gasteiger partial charge in [-0.3, -0.25) is 4.21 Å². The van der Waals surface area contributed by atoms with Gasteiger partial charge in [0.25, 0.3) is 0 Å². The molecule has 88 valence electrons. The van der Waals surface area contributed by atoms with Crippen molar-refractivity contribution in [3.63, 3.8) is 0 Å². The van der Waals surface area contributed by atoms with Gasteiger partial charge in [-0.05, 0) is 26.3 Å². The summed E-state index contributed by atoms with van der Waals surface area (Å²) in [5.74, 6) is 0.569. The summed E-state index contributed by atoms with van der Waals surface area (Å²) in [4.78, 5) is 8.10. The maximum absolute atomic E-state index is 12.0. The van der Waals surface area contributed by atoms with Gasteiger partial charge in [0.2, 0.25) is 5.16 Å². The van der Waals surface area contributed by atoms with Crippen molar-refractivity contribution in [3.8, 4) is 0 Å². The molecule has 0 saturated carbocycles. The SMILES string of the molecule is Cc1cnc(S(=O)CC2CCCN2)nc1Cl. The van der Waals surface area contributed by atoms with Crippen LogP contribution in [0.25, 0.3) is 0 Å². The van der Waals surface area contributed by atoms with Crippen LogP contribution in [0, 0.1) is 6.92 Å². The van der Waals surface area contributed by atoms with Gasteiger partial charge >= 0.3 is 0 Å². The smallest absolute Gasteiger partial charge is 0.219 e. The highest BCUT2D eigenvalue weighted by molar-refractivity contribution is 7.84. The summed E-state index contributed by atoms with van der Waals surface area (Å²) >= 11 is 5.87. The van der Waals surface area contributed by atoms with Gasteiger partial charge in [-0.25, -0.2) is 9.97 Å². The lowest BCUT2D eigenvalue weighted by Gasteiger charge is -2.08. The molecule has 6 heteroatoms. The summed E-state index contributed by atoms with van der Waals surface area (Å²) in [5, 5.41) is 4.03. The molecule has 1 aromatic heterocycles. The Bertz CT molecular complexity index is 407. The lowest BCUT2D eigenvalue weighted by atomic mass is 10.3. The van der Waals surface area contributed by atoms with Crippen molar-refractivity contribution in [2.45, 2.75) is 31.0 Å². The third kappa shape index (κ3) is 2.78. The molecule has 0 aliphatic carbocycles. The highest BCUT2D eigenvalue weighted by Gasteiger charge is 2.19. The quantitative estimate of drug-likeness (QED) is 0.657. The van der Waals surface area contributed by atoms with E-state index >= 15 is 0 Å². The van der Waals surface area contributed by atoms with Crippen molar-refractivity contribution in [2.75, 3.05) is 12.3 Å². The van der Waals surface area contributed by atoms with E-state index in [-0.39, 0.29) is 0 Å². The molecule has 1 fully saturated rings. The summed E-state index contributed by atoms with van der Waals surface area (Å²) in [6.45, 7) is 2.84. The molecule has 2 unspecified atom stereocenters. The molecule has 1 aliphatic rings. The van der Waals surface area contributed by atoms with E-state index in [1.165, 1.54) is 0 Å². The Morgan fingerprint density at radius 1 is 1.69 bits per heavy atom. The second-order valence-electron chi connectivity index (χ2n) is 3.93. The second-order valence-corrected chi connectivity index (χ2v) is 5.68. The van der Waals surface area contributed by atoms with Crippen molar-refractivity contribution in [1.29, 1.82) is 0 Å². The minimum Gasteiger partial charge on any atom is -0.313 e. The van der Waals surface area contributed by atoms with Crippen molar-refractivity contribution in [2.24, 2.45) is 0 Å². The molecule has 2 heterocycles. The molecule has 1 saturated heterocycles. The lowest BCUT2D eigenvalue weighted by molar-refractivity contribution is 0.638. The Kier molecular flexibility index (Phi) is 3.89. The van der Waals surface area contributed by atoms with Crippen LogP contribution in [0.15, 0.2) is 11.4 Å². The van der Waals surface area contributed by atoms with Gasteiger partial charge in [0, 0.05) is 23.6 Å². The van der Waals surface area contributed by atoms with Crippen molar-refractivity contribution in [3.05, 3.63) is 16.9 Å². The van der Waals surface area contributed by atoms with E-state index in [1.54, 1.807) is 6.20 Å². The molecule has 0 bridgehead atoms. The number of hydrogen-bond donors (Lipinski definition) is 1. The highest BCUT2D eigenvalue weighted by Crippen LogP contribution is 2.14. The third-order valence-corrected chi connectivity index (χ3v) is 4.30. The molecule has 0 radical (unpaired) electrons. The summed E-state index contributed by atoms with van der Waals surface area (Å²) in [6.07, 6.45) is 3.84. The molecule has 16 heavy (non-hydrogen) atoms. The van der Waals surface area contributed by atoms with Gasteiger partial charge in [0.05, 0.1) is 10.8 Å². The van der Waals surface area contributed by atoms with Crippen molar-refractivity contribution in [1.82, 2.24) is 15.3 Å². The predicted octanol–water partition coefficient (Wildman–Crippen LogP) is 1.30. The molecule has 4 nitrogen and oxygen atoms in total. The standard InChI is InChI=1S/C10H14ClN3OS/c1-7-5-13-10(14-9(7)11)16(15)6-8-3-2-4-12-8/h5,8,12H,2-4,6H2,1H3. The first-order chi connectivity index (χ1) is 7.66. The zero-order valence-corrected chi connectivity index (χ0v) is 10.6. The maximum atomic E-state index is 12.0. The van der Waals surface area contributed by atoms with Gasteiger partial charge in [-0.15, -0.1) is 0 Å². The molecule has 1 aliphatic heterocycles. The fourth-order valence-corrected chi connectivity index (χ4v) is 3.01. The van der Waals surface area contributed by atoms with E-state index in [0.29, 0.717) is 22.1 Å². The molecule has 2 atom stereocenters. The monoisotopic (exact) mass is 259 g/mol. The lowest BCUT2D eigenvalue weighted by Crippen LogP contribution is -2.28. The predicted molar refractivity (Wildman–Crippen MR) is 64.1 cm³/mol. The summed E-state index contributed by atoms with van der Waals surface area (Å²) in [5.41, 5.74) is 0.807. The van der Waals surface area contributed by atoms with Crippen LogP contribution in [0.4, 0.5) is 0 Å². The van der Waals surface area contributed by atoms with Crippen LogP contribution in [0.2, 0.25) is 5.15 Å². The average Bonchev–Trinajstić information content (AvgIpc) is 2.74. The molecular formula is C10H14ClN3OS. The summed E-state index contributed by atoms with van der Waals surface area (Å²) < 4.78 is 12.0. The van der Waals surface area contributed by atoms with Crippen molar-refractivity contribution < 1.29 is 4.21 Å². The number of halogens is 1. The Balaban J connectivity index is 2.05. The fraction of sp³-hybridized carbons (Fsp3) is 0.600. The van der Waals surface area contributed by atoms with Crippen LogP contribution in [0.3, 0.4) is 0 Å². The molecule has 0 amide bonds. The Morgan fingerprint density at radius 3 is 3.12 bits per heavy atom. The van der Waals surface area contributed by atoms with E-state index in [9.17, 15) is 4.21 Å². The third-order valence-electron chi connectivity index (χ3n) is 2.61. The van der Waals surface area contributed by atoms with Gasteiger partial charge in [0.15, 0.2) is 0 Å². The van der Waals surface area contributed by atoms with E-state index in [0.717, 1.165) is 24.9 Å². The van der Waals surface area contributed by atoms with E-state index in [2.05, 4.69) is 15.3 Å². The first kappa shape index (κ1) is 12.0. The normalized spacial score (nSPS) is 22.2. The molecular weight excluding hydrogens is 246 g/mol. The van der Waals surface area contributed by atoms with Crippen LogP contribution < -0.4 is 5.32 Å². The summed E-state index contributed by atoms with van der Waals surface area (Å²) in [6, 6.07) is 0.324.